The number of hydrogen-bond donors (Lipinski definition) is 0. The lowest BCUT2D eigenvalue weighted by Gasteiger charge is -2.06. The largest absolute Gasteiger partial charge is 0.218 e. The van der Waals surface area contributed by atoms with Gasteiger partial charge in [0.25, 0.3) is 0 Å². The molecule has 3 nitrogen and oxygen atoms in total. The number of rotatable bonds is 3. The lowest BCUT2D eigenvalue weighted by atomic mass is 10.1. The minimum absolute atomic E-state index is 0.698. The van der Waals surface area contributed by atoms with Crippen molar-refractivity contribution in [1.29, 1.82) is 0 Å². The van der Waals surface area contributed by atoms with Crippen LogP contribution in [0.3, 0.4) is 0 Å². The molecule has 0 N–H and O–H groups in total. The van der Waals surface area contributed by atoms with E-state index in [1.54, 1.807) is 0 Å². The molecule has 0 unspecified atom stereocenters. The number of aryl methyl sites for hydroxylation is 1. The maximum absolute atomic E-state index is 4.71. The SMILES string of the molecule is Cc1nc(Cc2ccc3sc4ccccc4c3c2)nc(-c2ccccc2)n1. The molecule has 0 saturated carbocycles. The van der Waals surface area contributed by atoms with Crippen LogP contribution in [-0.4, -0.2) is 15.0 Å². The average molecular weight is 367 g/mol. The molecule has 27 heavy (non-hydrogen) atoms. The average Bonchev–Trinajstić information content (AvgIpc) is 3.06. The third-order valence-electron chi connectivity index (χ3n) is 4.63. The van der Waals surface area contributed by atoms with E-state index in [9.17, 15) is 0 Å². The van der Waals surface area contributed by atoms with E-state index < -0.39 is 0 Å². The van der Waals surface area contributed by atoms with Gasteiger partial charge in [0.05, 0.1) is 0 Å². The van der Waals surface area contributed by atoms with Crippen LogP contribution in [0.4, 0.5) is 0 Å². The molecule has 2 aromatic heterocycles. The smallest absolute Gasteiger partial charge is 0.163 e. The molecule has 0 spiro atoms. The molecule has 0 saturated heterocycles. The van der Waals surface area contributed by atoms with Crippen LogP contribution in [0.1, 0.15) is 17.2 Å². The standard InChI is InChI=1S/C23H17N3S/c1-15-24-22(26-23(25-15)17-7-3-2-4-8-17)14-16-11-12-21-19(13-16)18-9-5-6-10-20(18)27-21/h2-13H,14H2,1H3. The molecule has 0 aliphatic rings. The molecule has 0 aliphatic carbocycles. The Kier molecular flexibility index (Phi) is 3.91. The highest BCUT2D eigenvalue weighted by Gasteiger charge is 2.09. The van der Waals surface area contributed by atoms with E-state index in [0.717, 1.165) is 23.0 Å². The van der Waals surface area contributed by atoms with Gasteiger partial charge in [0.1, 0.15) is 11.6 Å². The van der Waals surface area contributed by atoms with E-state index in [4.69, 9.17) is 4.98 Å². The molecule has 0 radical (unpaired) electrons. The van der Waals surface area contributed by atoms with Crippen LogP contribution in [0, 0.1) is 6.92 Å². The van der Waals surface area contributed by atoms with Gasteiger partial charge in [0.15, 0.2) is 5.82 Å². The third-order valence-corrected chi connectivity index (χ3v) is 5.78. The van der Waals surface area contributed by atoms with Crippen LogP contribution in [-0.2, 0) is 6.42 Å². The van der Waals surface area contributed by atoms with Crippen LogP contribution in [0.15, 0.2) is 72.8 Å². The minimum atomic E-state index is 0.698. The van der Waals surface area contributed by atoms with Gasteiger partial charge >= 0.3 is 0 Å². The van der Waals surface area contributed by atoms with Crippen molar-refractivity contribution in [3.05, 3.63) is 90.0 Å². The van der Waals surface area contributed by atoms with E-state index in [2.05, 4.69) is 52.4 Å². The summed E-state index contributed by atoms with van der Waals surface area (Å²) in [5.74, 6) is 2.29. The number of thiophene rings is 1. The van der Waals surface area contributed by atoms with Gasteiger partial charge < -0.3 is 0 Å². The van der Waals surface area contributed by atoms with E-state index >= 15 is 0 Å². The van der Waals surface area contributed by atoms with Crippen molar-refractivity contribution in [2.24, 2.45) is 0 Å². The molecule has 0 bridgehead atoms. The van der Waals surface area contributed by atoms with Crippen molar-refractivity contribution in [2.45, 2.75) is 13.3 Å². The van der Waals surface area contributed by atoms with Gasteiger partial charge in [-0.05, 0) is 30.7 Å². The first-order chi connectivity index (χ1) is 13.3. The first-order valence-corrected chi connectivity index (χ1v) is 9.75. The summed E-state index contributed by atoms with van der Waals surface area (Å²) in [6.45, 7) is 1.92. The van der Waals surface area contributed by atoms with E-state index in [-0.39, 0.29) is 0 Å². The first-order valence-electron chi connectivity index (χ1n) is 8.93. The van der Waals surface area contributed by atoms with Gasteiger partial charge in [0.2, 0.25) is 0 Å². The lowest BCUT2D eigenvalue weighted by molar-refractivity contribution is 0.887. The zero-order chi connectivity index (χ0) is 18.2. The summed E-state index contributed by atoms with van der Waals surface area (Å²) in [6, 6.07) is 25.3. The Bertz CT molecular complexity index is 1260. The quantitative estimate of drug-likeness (QED) is 0.404. The Morgan fingerprint density at radius 3 is 2.41 bits per heavy atom. The summed E-state index contributed by atoms with van der Waals surface area (Å²) in [4.78, 5) is 13.8. The van der Waals surface area contributed by atoms with Crippen LogP contribution in [0.2, 0.25) is 0 Å². The number of hydrogen-bond acceptors (Lipinski definition) is 4. The molecule has 3 aromatic carbocycles. The van der Waals surface area contributed by atoms with E-state index in [1.165, 1.54) is 25.7 Å². The van der Waals surface area contributed by atoms with Gasteiger partial charge in [-0.1, -0.05) is 54.6 Å². The second-order valence-corrected chi connectivity index (χ2v) is 7.68. The predicted octanol–water partition coefficient (Wildman–Crippen LogP) is 5.81. The van der Waals surface area contributed by atoms with E-state index in [1.807, 2.05) is 48.6 Å². The minimum Gasteiger partial charge on any atom is -0.218 e. The molecular weight excluding hydrogens is 350 g/mol. The number of fused-ring (bicyclic) bond motifs is 3. The third kappa shape index (κ3) is 3.09. The second-order valence-electron chi connectivity index (χ2n) is 6.59. The fourth-order valence-corrected chi connectivity index (χ4v) is 4.48. The predicted molar refractivity (Wildman–Crippen MR) is 112 cm³/mol. The summed E-state index contributed by atoms with van der Waals surface area (Å²) < 4.78 is 2.64. The molecular formula is C23H17N3S. The highest BCUT2D eigenvalue weighted by Crippen LogP contribution is 2.34. The van der Waals surface area contributed by atoms with Gasteiger partial charge in [0, 0.05) is 32.2 Å². The van der Waals surface area contributed by atoms with Crippen molar-refractivity contribution in [3.63, 3.8) is 0 Å². The van der Waals surface area contributed by atoms with E-state index in [0.29, 0.717) is 6.42 Å². The lowest BCUT2D eigenvalue weighted by Crippen LogP contribution is -2.03. The fraction of sp³-hybridized carbons (Fsp3) is 0.0870. The summed E-state index contributed by atoms with van der Waals surface area (Å²) in [5, 5.41) is 2.62. The Morgan fingerprint density at radius 2 is 1.52 bits per heavy atom. The normalized spacial score (nSPS) is 11.3. The Labute approximate surface area is 161 Å². The molecule has 4 heteroatoms. The zero-order valence-corrected chi connectivity index (χ0v) is 15.7. The van der Waals surface area contributed by atoms with Crippen molar-refractivity contribution in [3.8, 4) is 11.4 Å². The van der Waals surface area contributed by atoms with Crippen molar-refractivity contribution in [1.82, 2.24) is 15.0 Å². The molecule has 5 aromatic rings. The Hall–Kier alpha value is -3.11. The van der Waals surface area contributed by atoms with Crippen LogP contribution >= 0.6 is 11.3 Å². The van der Waals surface area contributed by atoms with Crippen molar-refractivity contribution < 1.29 is 0 Å². The molecule has 0 atom stereocenters. The first kappa shape index (κ1) is 16.1. The summed E-state index contributed by atoms with van der Waals surface area (Å²) in [5.41, 5.74) is 2.24. The molecule has 0 amide bonds. The topological polar surface area (TPSA) is 38.7 Å². The Balaban J connectivity index is 1.55. The highest BCUT2D eigenvalue weighted by atomic mass is 32.1. The van der Waals surface area contributed by atoms with Crippen molar-refractivity contribution >= 4 is 31.5 Å². The number of aromatic nitrogens is 3. The zero-order valence-electron chi connectivity index (χ0n) is 14.9. The van der Waals surface area contributed by atoms with Gasteiger partial charge in [-0.25, -0.2) is 15.0 Å². The molecule has 0 aliphatic heterocycles. The fourth-order valence-electron chi connectivity index (χ4n) is 3.40. The molecule has 2 heterocycles. The van der Waals surface area contributed by atoms with Gasteiger partial charge in [-0.3, -0.25) is 0 Å². The molecule has 0 fully saturated rings. The Morgan fingerprint density at radius 1 is 0.741 bits per heavy atom. The van der Waals surface area contributed by atoms with Gasteiger partial charge in [-0.15, -0.1) is 11.3 Å². The summed E-state index contributed by atoms with van der Waals surface area (Å²) in [7, 11) is 0. The maximum atomic E-state index is 4.71. The second kappa shape index (κ2) is 6.56. The highest BCUT2D eigenvalue weighted by molar-refractivity contribution is 7.25. The molecule has 130 valence electrons. The summed E-state index contributed by atoms with van der Waals surface area (Å²) >= 11 is 1.84. The molecule has 5 rings (SSSR count). The van der Waals surface area contributed by atoms with Crippen LogP contribution < -0.4 is 0 Å². The van der Waals surface area contributed by atoms with Gasteiger partial charge in [-0.2, -0.15) is 0 Å². The van der Waals surface area contributed by atoms with Crippen LogP contribution in [0.25, 0.3) is 31.6 Å². The summed E-state index contributed by atoms with van der Waals surface area (Å²) in [6.07, 6.45) is 0.698. The maximum Gasteiger partial charge on any atom is 0.163 e. The number of nitrogens with zero attached hydrogens (tertiary/aromatic N) is 3. The number of benzene rings is 3. The van der Waals surface area contributed by atoms with Crippen LogP contribution in [0.5, 0.6) is 0 Å². The monoisotopic (exact) mass is 367 g/mol. The van der Waals surface area contributed by atoms with Crippen molar-refractivity contribution in [2.75, 3.05) is 0 Å².